The van der Waals surface area contributed by atoms with Crippen LogP contribution in [0.25, 0.3) is 0 Å². The van der Waals surface area contributed by atoms with Crippen molar-refractivity contribution < 1.29 is 14.3 Å². The van der Waals surface area contributed by atoms with Crippen LogP contribution in [-0.2, 0) is 11.3 Å². The Morgan fingerprint density at radius 3 is 2.89 bits per heavy atom. The van der Waals surface area contributed by atoms with Crippen molar-refractivity contribution in [1.29, 1.82) is 0 Å². The molecule has 0 saturated carbocycles. The van der Waals surface area contributed by atoms with E-state index in [4.69, 9.17) is 0 Å². The number of carbonyl (C=O) groups excluding carboxylic acids is 2. The number of nitrogens with one attached hydrogen (secondary N) is 1. The summed E-state index contributed by atoms with van der Waals surface area (Å²) in [5.74, 6) is -0.769. The van der Waals surface area contributed by atoms with E-state index >= 15 is 0 Å². The molecule has 0 aliphatic heterocycles. The molecule has 6 nitrogen and oxygen atoms in total. The quantitative estimate of drug-likeness (QED) is 0.851. The Morgan fingerprint density at radius 2 is 2.21 bits per heavy atom. The smallest absolute Gasteiger partial charge is 0.357 e. The molecule has 7 heteroatoms. The van der Waals surface area contributed by atoms with Crippen molar-refractivity contribution in [3.05, 3.63) is 46.2 Å². The van der Waals surface area contributed by atoms with Crippen LogP contribution in [0, 0.1) is 0 Å². The number of hydrogen-bond acceptors (Lipinski definition) is 6. The molecule has 19 heavy (non-hydrogen) atoms. The summed E-state index contributed by atoms with van der Waals surface area (Å²) in [6.45, 7) is 0.247. The summed E-state index contributed by atoms with van der Waals surface area (Å²) in [6.07, 6.45) is 1.55. The highest BCUT2D eigenvalue weighted by molar-refractivity contribution is 7.09. The van der Waals surface area contributed by atoms with E-state index < -0.39 is 5.97 Å². The van der Waals surface area contributed by atoms with Crippen LogP contribution in [-0.4, -0.2) is 29.0 Å². The van der Waals surface area contributed by atoms with Gasteiger partial charge in [-0.1, -0.05) is 6.07 Å². The van der Waals surface area contributed by atoms with Crippen LogP contribution in [0.2, 0.25) is 0 Å². The number of amides is 1. The molecule has 98 valence electrons. The lowest BCUT2D eigenvalue weighted by Gasteiger charge is -2.01. The van der Waals surface area contributed by atoms with Gasteiger partial charge in [0.15, 0.2) is 5.69 Å². The number of methoxy groups -OCH3 is 1. The van der Waals surface area contributed by atoms with Crippen molar-refractivity contribution in [1.82, 2.24) is 15.3 Å². The molecular formula is C12H11N3O3S. The van der Waals surface area contributed by atoms with E-state index in [9.17, 15) is 9.59 Å². The Labute approximate surface area is 113 Å². The number of thiazole rings is 1. The molecule has 2 heterocycles. The molecule has 0 aliphatic carbocycles. The van der Waals surface area contributed by atoms with Gasteiger partial charge >= 0.3 is 5.97 Å². The molecule has 2 aromatic rings. The fraction of sp³-hybridized carbons (Fsp3) is 0.167. The highest BCUT2D eigenvalue weighted by Crippen LogP contribution is 2.10. The van der Waals surface area contributed by atoms with E-state index in [0.717, 1.165) is 0 Å². The molecule has 0 unspecified atom stereocenters. The van der Waals surface area contributed by atoms with Gasteiger partial charge in [-0.3, -0.25) is 9.78 Å². The monoisotopic (exact) mass is 277 g/mol. The SMILES string of the molecule is COC(=O)c1csc(CNC(=O)c2ccccn2)n1. The molecule has 2 aromatic heterocycles. The Kier molecular flexibility index (Phi) is 4.19. The van der Waals surface area contributed by atoms with Crippen molar-refractivity contribution in [2.75, 3.05) is 7.11 Å². The standard InChI is InChI=1S/C12H11N3O3S/c1-18-12(17)9-7-19-10(15-9)6-14-11(16)8-4-2-3-5-13-8/h2-5,7H,6H2,1H3,(H,14,16). The lowest BCUT2D eigenvalue weighted by Crippen LogP contribution is -2.23. The Bertz CT molecular complexity index is 583. The first-order valence-electron chi connectivity index (χ1n) is 5.42. The van der Waals surface area contributed by atoms with Gasteiger partial charge in [0.2, 0.25) is 0 Å². The molecule has 0 aromatic carbocycles. The molecule has 0 aliphatic rings. The zero-order valence-electron chi connectivity index (χ0n) is 10.1. The van der Waals surface area contributed by atoms with Crippen LogP contribution in [0.3, 0.4) is 0 Å². The summed E-state index contributed by atoms with van der Waals surface area (Å²) in [5, 5.41) is 4.90. The van der Waals surface area contributed by atoms with E-state index in [1.165, 1.54) is 18.4 Å². The van der Waals surface area contributed by atoms with E-state index in [-0.39, 0.29) is 18.1 Å². The first kappa shape index (κ1) is 13.2. The van der Waals surface area contributed by atoms with Gasteiger partial charge in [0.25, 0.3) is 5.91 Å². The maximum absolute atomic E-state index is 11.7. The van der Waals surface area contributed by atoms with Crippen LogP contribution >= 0.6 is 11.3 Å². The van der Waals surface area contributed by atoms with Gasteiger partial charge in [0.05, 0.1) is 13.7 Å². The highest BCUT2D eigenvalue weighted by Gasteiger charge is 2.12. The fourth-order valence-electron chi connectivity index (χ4n) is 1.33. The van der Waals surface area contributed by atoms with Gasteiger partial charge in [-0.25, -0.2) is 9.78 Å². The first-order valence-corrected chi connectivity index (χ1v) is 6.30. The predicted molar refractivity (Wildman–Crippen MR) is 68.9 cm³/mol. The average Bonchev–Trinajstić information content (AvgIpc) is 2.93. The van der Waals surface area contributed by atoms with Crippen molar-refractivity contribution in [2.45, 2.75) is 6.54 Å². The summed E-state index contributed by atoms with van der Waals surface area (Å²) < 4.78 is 4.55. The van der Waals surface area contributed by atoms with Crippen molar-refractivity contribution in [3.8, 4) is 0 Å². The van der Waals surface area contributed by atoms with E-state index in [0.29, 0.717) is 10.7 Å². The topological polar surface area (TPSA) is 81.2 Å². The summed E-state index contributed by atoms with van der Waals surface area (Å²) in [5.41, 5.74) is 0.585. The summed E-state index contributed by atoms with van der Waals surface area (Å²) in [4.78, 5) is 30.9. The molecular weight excluding hydrogens is 266 g/mol. The molecule has 0 fully saturated rings. The zero-order valence-corrected chi connectivity index (χ0v) is 10.9. The normalized spacial score (nSPS) is 9.95. The maximum Gasteiger partial charge on any atom is 0.357 e. The van der Waals surface area contributed by atoms with Crippen molar-refractivity contribution in [3.63, 3.8) is 0 Å². The van der Waals surface area contributed by atoms with E-state index in [1.807, 2.05) is 0 Å². The average molecular weight is 277 g/mol. The van der Waals surface area contributed by atoms with Crippen LogP contribution in [0.1, 0.15) is 26.0 Å². The molecule has 1 N–H and O–H groups in total. The minimum absolute atomic E-state index is 0.245. The highest BCUT2D eigenvalue weighted by atomic mass is 32.1. The second-order valence-corrected chi connectivity index (χ2v) is 4.46. The van der Waals surface area contributed by atoms with Gasteiger partial charge in [-0.05, 0) is 12.1 Å². The fourth-order valence-corrected chi connectivity index (χ4v) is 2.04. The lowest BCUT2D eigenvalue weighted by molar-refractivity contribution is 0.0594. The summed E-state index contributed by atoms with van der Waals surface area (Å²) in [7, 11) is 1.30. The van der Waals surface area contributed by atoms with Crippen LogP contribution in [0.4, 0.5) is 0 Å². The number of aromatic nitrogens is 2. The minimum atomic E-state index is -0.487. The molecule has 0 saturated heterocycles. The molecule has 0 atom stereocenters. The number of esters is 1. The Hall–Kier alpha value is -2.28. The van der Waals surface area contributed by atoms with Crippen molar-refractivity contribution >= 4 is 23.2 Å². The summed E-state index contributed by atoms with van der Waals surface area (Å²) >= 11 is 1.28. The zero-order chi connectivity index (χ0) is 13.7. The first-order chi connectivity index (χ1) is 9.20. The van der Waals surface area contributed by atoms with Gasteiger partial charge in [-0.2, -0.15) is 0 Å². The Morgan fingerprint density at radius 1 is 1.37 bits per heavy atom. The maximum atomic E-state index is 11.7. The molecule has 0 bridgehead atoms. The van der Waals surface area contributed by atoms with Crippen molar-refractivity contribution in [2.24, 2.45) is 0 Å². The number of pyridine rings is 1. The molecule has 2 rings (SSSR count). The van der Waals surface area contributed by atoms with Crippen LogP contribution in [0.5, 0.6) is 0 Å². The third kappa shape index (κ3) is 3.35. The summed E-state index contributed by atoms with van der Waals surface area (Å²) in [6, 6.07) is 5.10. The van der Waals surface area contributed by atoms with Crippen LogP contribution in [0.15, 0.2) is 29.8 Å². The number of carbonyl (C=O) groups is 2. The number of ether oxygens (including phenoxy) is 1. The second kappa shape index (κ2) is 6.05. The number of hydrogen-bond donors (Lipinski definition) is 1. The Balaban J connectivity index is 1.94. The third-order valence-electron chi connectivity index (χ3n) is 2.24. The largest absolute Gasteiger partial charge is 0.464 e. The van der Waals surface area contributed by atoms with Gasteiger partial charge in [0.1, 0.15) is 10.7 Å². The molecule has 1 amide bonds. The van der Waals surface area contributed by atoms with Crippen LogP contribution < -0.4 is 5.32 Å². The van der Waals surface area contributed by atoms with Gasteiger partial charge in [0, 0.05) is 11.6 Å². The number of nitrogens with zero attached hydrogens (tertiary/aromatic N) is 2. The third-order valence-corrected chi connectivity index (χ3v) is 3.09. The van der Waals surface area contributed by atoms with E-state index in [2.05, 4.69) is 20.0 Å². The van der Waals surface area contributed by atoms with Gasteiger partial charge < -0.3 is 10.1 Å². The predicted octanol–water partition coefficient (Wildman–Crippen LogP) is 1.25. The van der Waals surface area contributed by atoms with E-state index in [1.54, 1.807) is 29.8 Å². The van der Waals surface area contributed by atoms with Gasteiger partial charge in [-0.15, -0.1) is 11.3 Å². The molecule has 0 radical (unpaired) electrons. The number of rotatable bonds is 4. The molecule has 0 spiro atoms. The second-order valence-electron chi connectivity index (χ2n) is 3.52. The minimum Gasteiger partial charge on any atom is -0.464 e. The lowest BCUT2D eigenvalue weighted by atomic mass is 10.3.